The van der Waals surface area contributed by atoms with Gasteiger partial charge in [0.05, 0.1) is 0 Å². The Kier molecular flexibility index (Phi) is 3.30. The molecule has 0 saturated carbocycles. The summed E-state index contributed by atoms with van der Waals surface area (Å²) in [7, 11) is 0. The van der Waals surface area contributed by atoms with Crippen molar-refractivity contribution >= 4 is 11.6 Å². The lowest BCUT2D eigenvalue weighted by Gasteiger charge is -2.23. The molecular weight excluding hydrogens is 206 g/mol. The van der Waals surface area contributed by atoms with Gasteiger partial charge in [-0.15, -0.1) is 0 Å². The monoisotopic (exact) mass is 223 g/mol. The summed E-state index contributed by atoms with van der Waals surface area (Å²) in [6.07, 6.45) is 5.85. The van der Waals surface area contributed by atoms with Crippen molar-refractivity contribution in [3.05, 3.63) is 28.0 Å². The summed E-state index contributed by atoms with van der Waals surface area (Å²) in [5.41, 5.74) is 3.88. The largest absolute Gasteiger partial charge is 0.241 e. The summed E-state index contributed by atoms with van der Waals surface area (Å²) < 4.78 is 0. The van der Waals surface area contributed by atoms with E-state index >= 15 is 0 Å². The minimum absolute atomic E-state index is 0.714. The van der Waals surface area contributed by atoms with Crippen LogP contribution in [0.5, 0.6) is 0 Å². The molecule has 1 aromatic rings. The fraction of sp³-hybridized carbons (Fsp3) is 0.615. The summed E-state index contributed by atoms with van der Waals surface area (Å²) in [5, 5.41) is 0.714. The van der Waals surface area contributed by atoms with Gasteiger partial charge in [-0.05, 0) is 42.7 Å². The summed E-state index contributed by atoms with van der Waals surface area (Å²) in [4.78, 5) is 4.52. The van der Waals surface area contributed by atoms with Gasteiger partial charge in [-0.1, -0.05) is 37.9 Å². The third kappa shape index (κ3) is 2.17. The SMILES string of the molecule is CCc1cc2c(nc1Cl)CCC(CC)C2. The quantitative estimate of drug-likeness (QED) is 0.695. The lowest BCUT2D eigenvalue weighted by molar-refractivity contribution is 0.439. The Morgan fingerprint density at radius 3 is 2.93 bits per heavy atom. The fourth-order valence-corrected chi connectivity index (χ4v) is 2.65. The first-order chi connectivity index (χ1) is 7.24. The van der Waals surface area contributed by atoms with Crippen molar-refractivity contribution in [1.29, 1.82) is 0 Å². The van der Waals surface area contributed by atoms with Crippen LogP contribution in [0, 0.1) is 5.92 Å². The molecule has 0 radical (unpaired) electrons. The molecule has 1 heterocycles. The van der Waals surface area contributed by atoms with Gasteiger partial charge in [0, 0.05) is 5.69 Å². The number of halogens is 1. The van der Waals surface area contributed by atoms with Crippen molar-refractivity contribution in [2.75, 3.05) is 0 Å². The normalized spacial score (nSPS) is 20.1. The third-order valence-corrected chi connectivity index (χ3v) is 3.80. The van der Waals surface area contributed by atoms with E-state index in [0.717, 1.165) is 18.8 Å². The first-order valence-electron chi connectivity index (χ1n) is 5.91. The molecule has 15 heavy (non-hydrogen) atoms. The highest BCUT2D eigenvalue weighted by atomic mass is 35.5. The van der Waals surface area contributed by atoms with Gasteiger partial charge in [-0.3, -0.25) is 0 Å². The Morgan fingerprint density at radius 2 is 2.27 bits per heavy atom. The van der Waals surface area contributed by atoms with Gasteiger partial charge in [0.15, 0.2) is 0 Å². The zero-order valence-corrected chi connectivity index (χ0v) is 10.3. The van der Waals surface area contributed by atoms with Crippen LogP contribution in [0.2, 0.25) is 5.15 Å². The molecule has 1 aliphatic carbocycles. The zero-order chi connectivity index (χ0) is 10.8. The molecule has 1 unspecified atom stereocenters. The van der Waals surface area contributed by atoms with Crippen LogP contribution in [0.25, 0.3) is 0 Å². The summed E-state index contributed by atoms with van der Waals surface area (Å²) in [6.45, 7) is 4.41. The first-order valence-corrected chi connectivity index (χ1v) is 6.29. The highest BCUT2D eigenvalue weighted by molar-refractivity contribution is 6.30. The van der Waals surface area contributed by atoms with Crippen molar-refractivity contribution < 1.29 is 0 Å². The molecule has 0 saturated heterocycles. The van der Waals surface area contributed by atoms with Crippen molar-refractivity contribution in [1.82, 2.24) is 4.98 Å². The van der Waals surface area contributed by atoms with Crippen LogP contribution in [0.4, 0.5) is 0 Å². The van der Waals surface area contributed by atoms with Crippen molar-refractivity contribution in [3.8, 4) is 0 Å². The Bertz CT molecular complexity index is 360. The van der Waals surface area contributed by atoms with Crippen molar-refractivity contribution in [2.24, 2.45) is 5.92 Å². The molecule has 0 amide bonds. The van der Waals surface area contributed by atoms with Crippen LogP contribution >= 0.6 is 11.6 Å². The van der Waals surface area contributed by atoms with Crippen LogP contribution in [-0.4, -0.2) is 4.98 Å². The molecule has 1 aliphatic rings. The van der Waals surface area contributed by atoms with Gasteiger partial charge in [0.25, 0.3) is 0 Å². The Morgan fingerprint density at radius 1 is 1.47 bits per heavy atom. The number of aromatic nitrogens is 1. The molecule has 0 N–H and O–H groups in total. The standard InChI is InChI=1S/C13H18ClN/c1-3-9-5-6-12-11(7-9)8-10(4-2)13(14)15-12/h8-9H,3-7H2,1-2H3. The predicted octanol–water partition coefficient (Wildman–Crippen LogP) is 3.81. The van der Waals surface area contributed by atoms with Crippen molar-refractivity contribution in [3.63, 3.8) is 0 Å². The molecule has 2 rings (SSSR count). The van der Waals surface area contributed by atoms with Crippen LogP contribution in [0.1, 0.15) is 43.5 Å². The number of pyridine rings is 1. The molecule has 2 heteroatoms. The van der Waals surface area contributed by atoms with Gasteiger partial charge >= 0.3 is 0 Å². The van der Waals surface area contributed by atoms with Gasteiger partial charge in [0.2, 0.25) is 0 Å². The second kappa shape index (κ2) is 4.52. The van der Waals surface area contributed by atoms with Gasteiger partial charge < -0.3 is 0 Å². The zero-order valence-electron chi connectivity index (χ0n) is 9.52. The van der Waals surface area contributed by atoms with Crippen LogP contribution < -0.4 is 0 Å². The van der Waals surface area contributed by atoms with E-state index in [1.54, 1.807) is 0 Å². The van der Waals surface area contributed by atoms with Crippen LogP contribution in [0.3, 0.4) is 0 Å². The van der Waals surface area contributed by atoms with E-state index in [9.17, 15) is 0 Å². The van der Waals surface area contributed by atoms with Crippen LogP contribution in [-0.2, 0) is 19.3 Å². The molecule has 1 aromatic heterocycles. The number of nitrogens with zero attached hydrogens (tertiary/aromatic N) is 1. The number of rotatable bonds is 2. The third-order valence-electron chi connectivity index (χ3n) is 3.47. The maximum atomic E-state index is 6.12. The topological polar surface area (TPSA) is 12.9 Å². The van der Waals surface area contributed by atoms with E-state index in [1.807, 2.05) is 0 Å². The molecule has 0 fully saturated rings. The smallest absolute Gasteiger partial charge is 0.132 e. The molecule has 0 bridgehead atoms. The van der Waals surface area contributed by atoms with E-state index in [2.05, 4.69) is 24.9 Å². The minimum Gasteiger partial charge on any atom is -0.241 e. The second-order valence-electron chi connectivity index (χ2n) is 4.41. The molecule has 0 spiro atoms. The Labute approximate surface area is 96.9 Å². The predicted molar refractivity (Wildman–Crippen MR) is 64.4 cm³/mol. The molecule has 1 atom stereocenters. The highest BCUT2D eigenvalue weighted by Gasteiger charge is 2.19. The second-order valence-corrected chi connectivity index (χ2v) is 4.77. The van der Waals surface area contributed by atoms with E-state index in [4.69, 9.17) is 11.6 Å². The van der Waals surface area contributed by atoms with E-state index < -0.39 is 0 Å². The molecule has 0 aromatic carbocycles. The number of hydrogen-bond acceptors (Lipinski definition) is 1. The first kappa shape index (κ1) is 10.9. The average Bonchev–Trinajstić information content (AvgIpc) is 2.27. The minimum atomic E-state index is 0.714. The number of fused-ring (bicyclic) bond motifs is 1. The van der Waals surface area contributed by atoms with E-state index in [0.29, 0.717) is 5.15 Å². The van der Waals surface area contributed by atoms with E-state index in [-0.39, 0.29) is 0 Å². The summed E-state index contributed by atoms with van der Waals surface area (Å²) in [6, 6.07) is 2.27. The van der Waals surface area contributed by atoms with Crippen LogP contribution in [0.15, 0.2) is 6.07 Å². The van der Waals surface area contributed by atoms with Gasteiger partial charge in [-0.25, -0.2) is 4.98 Å². The molecule has 1 nitrogen and oxygen atoms in total. The number of hydrogen-bond donors (Lipinski definition) is 0. The van der Waals surface area contributed by atoms with Gasteiger partial charge in [0.1, 0.15) is 5.15 Å². The molecule has 82 valence electrons. The maximum absolute atomic E-state index is 6.12. The number of aryl methyl sites for hydroxylation is 2. The Balaban J connectivity index is 2.33. The maximum Gasteiger partial charge on any atom is 0.132 e. The summed E-state index contributed by atoms with van der Waals surface area (Å²) >= 11 is 6.12. The lowest BCUT2D eigenvalue weighted by atomic mass is 9.84. The van der Waals surface area contributed by atoms with Crippen molar-refractivity contribution in [2.45, 2.75) is 46.0 Å². The average molecular weight is 224 g/mol. The molecular formula is C13H18ClN. The summed E-state index contributed by atoms with van der Waals surface area (Å²) in [5.74, 6) is 0.852. The fourth-order valence-electron chi connectivity index (χ4n) is 2.36. The van der Waals surface area contributed by atoms with E-state index in [1.165, 1.54) is 36.1 Å². The molecule has 0 aliphatic heterocycles. The highest BCUT2D eigenvalue weighted by Crippen LogP contribution is 2.29. The Hall–Kier alpha value is -0.560. The van der Waals surface area contributed by atoms with Gasteiger partial charge in [-0.2, -0.15) is 0 Å². The lowest BCUT2D eigenvalue weighted by Crippen LogP contribution is -2.15.